The van der Waals surface area contributed by atoms with E-state index in [2.05, 4.69) is 14.9 Å². The molecule has 7 heteroatoms. The maximum atomic E-state index is 11.9. The molecule has 120 valence electrons. The Bertz CT molecular complexity index is 906. The second-order valence-corrected chi connectivity index (χ2v) is 5.66. The zero-order chi connectivity index (χ0) is 16.4. The number of likely N-dealkylation sites (N-methyl/N-ethyl adjacent to an activating group) is 1. The SMILES string of the molecule is Cc1cc(=O)n(CCN(C)Cc2cnc3ccccn23)c(=O)[nH]1. The van der Waals surface area contributed by atoms with E-state index in [1.54, 1.807) is 6.92 Å². The summed E-state index contributed by atoms with van der Waals surface area (Å²) in [4.78, 5) is 32.8. The predicted octanol–water partition coefficient (Wildman–Crippen LogP) is 0.625. The van der Waals surface area contributed by atoms with Gasteiger partial charge in [0.25, 0.3) is 5.56 Å². The van der Waals surface area contributed by atoms with Crippen LogP contribution in [0.5, 0.6) is 0 Å². The smallest absolute Gasteiger partial charge is 0.311 e. The molecule has 3 heterocycles. The lowest BCUT2D eigenvalue weighted by molar-refractivity contribution is 0.303. The maximum absolute atomic E-state index is 11.9. The van der Waals surface area contributed by atoms with Crippen LogP contribution < -0.4 is 11.2 Å². The Morgan fingerprint density at radius 3 is 2.91 bits per heavy atom. The summed E-state index contributed by atoms with van der Waals surface area (Å²) in [5, 5.41) is 0. The van der Waals surface area contributed by atoms with Gasteiger partial charge in [-0.15, -0.1) is 0 Å². The standard InChI is InChI=1S/C16H19N5O2/c1-12-9-15(22)21(16(23)18-12)8-7-19(2)11-13-10-17-14-5-3-4-6-20(13)14/h3-6,9-10H,7-8,11H2,1-2H3,(H,18,23). The van der Waals surface area contributed by atoms with Crippen molar-refractivity contribution in [1.82, 2.24) is 23.8 Å². The van der Waals surface area contributed by atoms with Crippen molar-refractivity contribution in [1.29, 1.82) is 0 Å². The number of H-pyrrole nitrogens is 1. The first-order valence-electron chi connectivity index (χ1n) is 7.45. The molecule has 7 nitrogen and oxygen atoms in total. The minimum absolute atomic E-state index is 0.269. The number of nitrogens with zero attached hydrogens (tertiary/aromatic N) is 4. The van der Waals surface area contributed by atoms with Crippen molar-refractivity contribution >= 4 is 5.65 Å². The van der Waals surface area contributed by atoms with Crippen LogP contribution in [0.4, 0.5) is 0 Å². The van der Waals surface area contributed by atoms with E-state index in [1.807, 2.05) is 42.0 Å². The predicted molar refractivity (Wildman–Crippen MR) is 87.6 cm³/mol. The van der Waals surface area contributed by atoms with Gasteiger partial charge < -0.3 is 9.38 Å². The van der Waals surface area contributed by atoms with Crippen molar-refractivity contribution in [3.8, 4) is 0 Å². The molecule has 23 heavy (non-hydrogen) atoms. The van der Waals surface area contributed by atoms with E-state index in [9.17, 15) is 9.59 Å². The molecule has 0 fully saturated rings. The van der Waals surface area contributed by atoms with E-state index in [0.717, 1.165) is 11.3 Å². The third-order valence-corrected chi connectivity index (χ3v) is 3.79. The first-order valence-corrected chi connectivity index (χ1v) is 7.45. The quantitative estimate of drug-likeness (QED) is 0.749. The summed E-state index contributed by atoms with van der Waals surface area (Å²) >= 11 is 0. The lowest BCUT2D eigenvalue weighted by Crippen LogP contribution is -2.38. The molecule has 0 bridgehead atoms. The maximum Gasteiger partial charge on any atom is 0.328 e. The van der Waals surface area contributed by atoms with Gasteiger partial charge >= 0.3 is 5.69 Å². The number of hydrogen-bond acceptors (Lipinski definition) is 4. The fraction of sp³-hybridized carbons (Fsp3) is 0.312. The van der Waals surface area contributed by atoms with Crippen LogP contribution >= 0.6 is 0 Å². The molecular weight excluding hydrogens is 294 g/mol. The fourth-order valence-corrected chi connectivity index (χ4v) is 2.58. The minimum Gasteiger partial charge on any atom is -0.311 e. The van der Waals surface area contributed by atoms with Gasteiger partial charge in [0.05, 0.1) is 11.9 Å². The molecular formula is C16H19N5O2. The van der Waals surface area contributed by atoms with Crippen molar-refractivity contribution in [3.63, 3.8) is 0 Å². The van der Waals surface area contributed by atoms with E-state index in [-0.39, 0.29) is 11.2 Å². The Morgan fingerprint density at radius 2 is 2.13 bits per heavy atom. The van der Waals surface area contributed by atoms with E-state index in [0.29, 0.717) is 25.3 Å². The molecule has 1 N–H and O–H groups in total. The van der Waals surface area contributed by atoms with Gasteiger partial charge in [-0.25, -0.2) is 9.78 Å². The first kappa shape index (κ1) is 15.2. The molecule has 0 atom stereocenters. The van der Waals surface area contributed by atoms with Crippen LogP contribution in [0.3, 0.4) is 0 Å². The van der Waals surface area contributed by atoms with Gasteiger partial charge in [-0.2, -0.15) is 0 Å². The Labute approximate surface area is 132 Å². The van der Waals surface area contributed by atoms with Crippen LogP contribution in [0.1, 0.15) is 11.4 Å². The highest BCUT2D eigenvalue weighted by Gasteiger charge is 2.08. The number of rotatable bonds is 5. The lowest BCUT2D eigenvalue weighted by atomic mass is 10.4. The van der Waals surface area contributed by atoms with Gasteiger partial charge in [-0.3, -0.25) is 14.3 Å². The first-order chi connectivity index (χ1) is 11.0. The van der Waals surface area contributed by atoms with Crippen LogP contribution in [-0.2, 0) is 13.1 Å². The average molecular weight is 313 g/mol. The third-order valence-electron chi connectivity index (χ3n) is 3.79. The molecule has 0 unspecified atom stereocenters. The summed E-state index contributed by atoms with van der Waals surface area (Å²) in [6.07, 6.45) is 3.82. The highest BCUT2D eigenvalue weighted by atomic mass is 16.2. The Kier molecular flexibility index (Phi) is 4.12. The molecule has 0 radical (unpaired) electrons. The van der Waals surface area contributed by atoms with Crippen LogP contribution in [0.15, 0.2) is 46.2 Å². The Balaban J connectivity index is 1.70. The highest BCUT2D eigenvalue weighted by Crippen LogP contribution is 2.08. The number of aryl methyl sites for hydroxylation is 1. The molecule has 3 aromatic rings. The highest BCUT2D eigenvalue weighted by molar-refractivity contribution is 5.39. The number of imidazole rings is 1. The van der Waals surface area contributed by atoms with Crippen LogP contribution in [0.2, 0.25) is 0 Å². The number of hydrogen-bond donors (Lipinski definition) is 1. The van der Waals surface area contributed by atoms with Gasteiger partial charge in [0.2, 0.25) is 0 Å². The largest absolute Gasteiger partial charge is 0.328 e. The molecule has 0 amide bonds. The molecule has 0 aliphatic rings. The normalized spacial score (nSPS) is 11.4. The fourth-order valence-electron chi connectivity index (χ4n) is 2.58. The van der Waals surface area contributed by atoms with Crippen molar-refractivity contribution in [2.24, 2.45) is 0 Å². The topological polar surface area (TPSA) is 75.4 Å². The van der Waals surface area contributed by atoms with Gasteiger partial charge in [0, 0.05) is 37.6 Å². The number of aromatic nitrogens is 4. The molecule has 0 aromatic carbocycles. The monoisotopic (exact) mass is 313 g/mol. The Morgan fingerprint density at radius 1 is 1.30 bits per heavy atom. The average Bonchev–Trinajstić information content (AvgIpc) is 2.89. The number of nitrogens with one attached hydrogen (secondary N) is 1. The second-order valence-electron chi connectivity index (χ2n) is 5.66. The van der Waals surface area contributed by atoms with Gasteiger partial charge in [-0.05, 0) is 26.1 Å². The van der Waals surface area contributed by atoms with Gasteiger partial charge in [-0.1, -0.05) is 6.07 Å². The van der Waals surface area contributed by atoms with E-state index >= 15 is 0 Å². The van der Waals surface area contributed by atoms with Crippen molar-refractivity contribution in [2.45, 2.75) is 20.0 Å². The van der Waals surface area contributed by atoms with Crippen molar-refractivity contribution in [3.05, 3.63) is 68.9 Å². The van der Waals surface area contributed by atoms with E-state index < -0.39 is 0 Å². The summed E-state index contributed by atoms with van der Waals surface area (Å²) in [7, 11) is 1.95. The summed E-state index contributed by atoms with van der Waals surface area (Å²) < 4.78 is 3.25. The second kappa shape index (κ2) is 6.21. The van der Waals surface area contributed by atoms with Crippen LogP contribution in [0.25, 0.3) is 5.65 Å². The van der Waals surface area contributed by atoms with E-state index in [1.165, 1.54) is 10.6 Å². The lowest BCUT2D eigenvalue weighted by Gasteiger charge is -2.16. The summed E-state index contributed by atoms with van der Waals surface area (Å²) in [5.74, 6) is 0. The molecule has 3 rings (SSSR count). The summed E-state index contributed by atoms with van der Waals surface area (Å²) in [6.45, 7) is 3.32. The van der Waals surface area contributed by atoms with Crippen LogP contribution in [0, 0.1) is 6.92 Å². The number of pyridine rings is 1. The molecule has 3 aromatic heterocycles. The number of fused-ring (bicyclic) bond motifs is 1. The molecule has 0 spiro atoms. The summed E-state index contributed by atoms with van der Waals surface area (Å²) in [5.41, 5.74) is 1.92. The summed E-state index contributed by atoms with van der Waals surface area (Å²) in [6, 6.07) is 7.30. The van der Waals surface area contributed by atoms with Gasteiger partial charge in [0.1, 0.15) is 5.65 Å². The van der Waals surface area contributed by atoms with Crippen molar-refractivity contribution in [2.75, 3.05) is 13.6 Å². The van der Waals surface area contributed by atoms with Crippen molar-refractivity contribution < 1.29 is 0 Å². The molecule has 0 aliphatic carbocycles. The van der Waals surface area contributed by atoms with Crippen LogP contribution in [-0.4, -0.2) is 37.4 Å². The van der Waals surface area contributed by atoms with Gasteiger partial charge in [0.15, 0.2) is 0 Å². The zero-order valence-corrected chi connectivity index (χ0v) is 13.2. The molecule has 0 aliphatic heterocycles. The molecule has 0 saturated carbocycles. The number of aromatic amines is 1. The minimum atomic E-state index is -0.363. The zero-order valence-electron chi connectivity index (χ0n) is 13.2. The Hall–Kier alpha value is -2.67. The van der Waals surface area contributed by atoms with E-state index in [4.69, 9.17) is 0 Å². The molecule has 0 saturated heterocycles. The third kappa shape index (κ3) is 3.24.